The summed E-state index contributed by atoms with van der Waals surface area (Å²) in [7, 11) is 1.72. The Bertz CT molecular complexity index is 1430. The van der Waals surface area contributed by atoms with Gasteiger partial charge in [-0.3, -0.25) is 9.80 Å². The minimum atomic E-state index is 0.604. The second-order valence-electron chi connectivity index (χ2n) is 9.72. The Hall–Kier alpha value is -3.09. The Morgan fingerprint density at radius 2 is 1.82 bits per heavy atom. The molecular weight excluding hydrogens is 422 g/mol. The van der Waals surface area contributed by atoms with Gasteiger partial charge in [0.1, 0.15) is 5.75 Å². The summed E-state index contributed by atoms with van der Waals surface area (Å²) in [6.45, 7) is 14.1. The van der Waals surface area contributed by atoms with E-state index in [9.17, 15) is 0 Å². The van der Waals surface area contributed by atoms with E-state index in [1.165, 1.54) is 16.4 Å². The molecule has 2 aliphatic heterocycles. The normalized spacial score (nSPS) is 19.1. The molecule has 3 aromatic rings. The number of aromatic amines is 2. The number of aromatic nitrogens is 2. The molecule has 0 atom stereocenters. The highest BCUT2D eigenvalue weighted by Crippen LogP contribution is 2.18. The Labute approximate surface area is 201 Å². The minimum absolute atomic E-state index is 0.604. The van der Waals surface area contributed by atoms with Gasteiger partial charge in [0.2, 0.25) is 0 Å². The van der Waals surface area contributed by atoms with Crippen molar-refractivity contribution < 1.29 is 4.74 Å². The maximum Gasteiger partial charge on any atom is 0.144 e. The van der Waals surface area contributed by atoms with Gasteiger partial charge in [0.15, 0.2) is 0 Å². The van der Waals surface area contributed by atoms with Crippen LogP contribution in [0.15, 0.2) is 41.4 Å². The van der Waals surface area contributed by atoms with Crippen LogP contribution in [0.4, 0.5) is 0 Å². The van der Waals surface area contributed by atoms with Crippen molar-refractivity contribution in [1.82, 2.24) is 19.8 Å². The van der Waals surface area contributed by atoms with Crippen molar-refractivity contribution in [1.29, 1.82) is 0 Å². The van der Waals surface area contributed by atoms with Crippen LogP contribution in [0.1, 0.15) is 30.8 Å². The first-order chi connectivity index (χ1) is 16.4. The van der Waals surface area contributed by atoms with Gasteiger partial charge < -0.3 is 14.7 Å². The Morgan fingerprint density at radius 1 is 1.06 bits per heavy atom. The zero-order valence-electron chi connectivity index (χ0n) is 20.9. The molecule has 1 saturated heterocycles. The fourth-order valence-corrected chi connectivity index (χ4v) is 5.09. The van der Waals surface area contributed by atoms with Gasteiger partial charge in [-0.25, -0.2) is 4.99 Å². The standard InChI is InChI=1S/C28H35N5O/c1-18(2)33-12-10-32(11-13-33)17-22-21-8-6-7-9-23(21)31-28(22)26-16-27(34-5)25(30-26)15-24-19(3)14-20(4)29-24/h6-9,14-16,18,29-30H,10-13,17H2,1-5H3/b25-15-,28-26?. The highest BCUT2D eigenvalue weighted by atomic mass is 16.5. The molecule has 2 aromatic heterocycles. The van der Waals surface area contributed by atoms with Gasteiger partial charge in [-0.05, 0) is 51.5 Å². The number of H-pyrrole nitrogens is 2. The maximum atomic E-state index is 5.74. The molecule has 1 aromatic carbocycles. The van der Waals surface area contributed by atoms with E-state index in [2.05, 4.69) is 89.9 Å². The summed E-state index contributed by atoms with van der Waals surface area (Å²) in [4.78, 5) is 17.2. The summed E-state index contributed by atoms with van der Waals surface area (Å²) in [5, 5.41) is 4.23. The van der Waals surface area contributed by atoms with Crippen LogP contribution < -0.4 is 26.0 Å². The van der Waals surface area contributed by atoms with Gasteiger partial charge in [-0.15, -0.1) is 0 Å². The van der Waals surface area contributed by atoms with Gasteiger partial charge >= 0.3 is 0 Å². The van der Waals surface area contributed by atoms with Crippen LogP contribution in [0, 0.1) is 13.8 Å². The fraction of sp³-hybridized carbons (Fsp3) is 0.393. The summed E-state index contributed by atoms with van der Waals surface area (Å²) in [5.41, 5.74) is 5.77. The van der Waals surface area contributed by atoms with Gasteiger partial charge in [0.25, 0.3) is 0 Å². The predicted molar refractivity (Wildman–Crippen MR) is 138 cm³/mol. The van der Waals surface area contributed by atoms with Gasteiger partial charge in [-0.1, -0.05) is 18.2 Å². The number of methoxy groups -OCH3 is 1. The lowest BCUT2D eigenvalue weighted by molar-refractivity contribution is 0.118. The van der Waals surface area contributed by atoms with E-state index >= 15 is 0 Å². The molecule has 6 heteroatoms. The minimum Gasteiger partial charge on any atom is -0.494 e. The highest BCUT2D eigenvalue weighted by Gasteiger charge is 2.23. The predicted octanol–water partition coefficient (Wildman–Crippen LogP) is 1.42. The average molecular weight is 458 g/mol. The Balaban J connectivity index is 1.58. The van der Waals surface area contributed by atoms with E-state index in [0.29, 0.717) is 6.04 Å². The highest BCUT2D eigenvalue weighted by molar-refractivity contribution is 5.89. The zero-order chi connectivity index (χ0) is 23.8. The van der Waals surface area contributed by atoms with Crippen LogP contribution in [0.5, 0.6) is 5.75 Å². The molecule has 0 amide bonds. The van der Waals surface area contributed by atoms with E-state index in [-0.39, 0.29) is 0 Å². The third-order valence-corrected chi connectivity index (χ3v) is 7.03. The molecule has 34 heavy (non-hydrogen) atoms. The molecule has 0 aliphatic carbocycles. The van der Waals surface area contributed by atoms with Crippen molar-refractivity contribution in [2.45, 2.75) is 33.7 Å². The van der Waals surface area contributed by atoms with Crippen LogP contribution in [-0.2, 0) is 0 Å². The van der Waals surface area contributed by atoms with E-state index in [0.717, 1.165) is 71.6 Å². The molecule has 6 nitrogen and oxygen atoms in total. The molecule has 178 valence electrons. The topological polar surface area (TPSA) is 59.6 Å². The van der Waals surface area contributed by atoms with Crippen molar-refractivity contribution in [3.05, 3.63) is 74.6 Å². The molecule has 2 N–H and O–H groups in total. The number of fused-ring (bicyclic) bond motifs is 1. The smallest absolute Gasteiger partial charge is 0.144 e. The van der Waals surface area contributed by atoms with Gasteiger partial charge in [-0.2, -0.15) is 0 Å². The molecule has 4 heterocycles. The molecule has 0 unspecified atom stereocenters. The molecule has 5 rings (SSSR count). The Morgan fingerprint density at radius 3 is 2.50 bits per heavy atom. The number of benzene rings is 1. The number of aryl methyl sites for hydroxylation is 2. The van der Waals surface area contributed by atoms with Crippen molar-refractivity contribution in [3.8, 4) is 5.75 Å². The lowest BCUT2D eigenvalue weighted by Crippen LogP contribution is -2.49. The lowest BCUT2D eigenvalue weighted by Gasteiger charge is -2.37. The maximum absolute atomic E-state index is 5.74. The van der Waals surface area contributed by atoms with Crippen molar-refractivity contribution in [2.24, 2.45) is 4.99 Å². The number of hydrogen-bond acceptors (Lipinski definition) is 4. The lowest BCUT2D eigenvalue weighted by atomic mass is 10.1. The SMILES string of the molecule is COc1cc(=C2N=c3ccccc3=C2CN2CCN(C(C)C)CC2)[nH]/c1=C\c1[nH]c(C)cc1C. The summed E-state index contributed by atoms with van der Waals surface area (Å²) in [6.07, 6.45) is 2.12. The second-order valence-corrected chi connectivity index (χ2v) is 9.72. The summed E-state index contributed by atoms with van der Waals surface area (Å²) in [5.74, 6) is 0.824. The summed E-state index contributed by atoms with van der Waals surface area (Å²) in [6, 6.07) is 13.3. The van der Waals surface area contributed by atoms with Gasteiger partial charge in [0.05, 0.1) is 28.9 Å². The molecule has 1 fully saturated rings. The first kappa shape index (κ1) is 22.7. The molecular formula is C28H35N5O. The number of ether oxygens (including phenoxy) is 1. The summed E-state index contributed by atoms with van der Waals surface area (Å²) < 4.78 is 5.74. The fourth-order valence-electron chi connectivity index (χ4n) is 5.09. The number of rotatable bonds is 5. The van der Waals surface area contributed by atoms with E-state index in [4.69, 9.17) is 9.73 Å². The average Bonchev–Trinajstić information content (AvgIpc) is 3.49. The van der Waals surface area contributed by atoms with Gasteiger partial charge in [0, 0.05) is 67.0 Å². The van der Waals surface area contributed by atoms with Crippen molar-refractivity contribution >= 4 is 17.3 Å². The summed E-state index contributed by atoms with van der Waals surface area (Å²) >= 11 is 0. The monoisotopic (exact) mass is 457 g/mol. The molecule has 0 radical (unpaired) electrons. The third kappa shape index (κ3) is 4.36. The van der Waals surface area contributed by atoms with E-state index < -0.39 is 0 Å². The van der Waals surface area contributed by atoms with Crippen LogP contribution in [0.2, 0.25) is 0 Å². The number of nitrogens with one attached hydrogen (secondary N) is 2. The van der Waals surface area contributed by atoms with Crippen LogP contribution >= 0.6 is 0 Å². The van der Waals surface area contributed by atoms with Crippen LogP contribution in [0.25, 0.3) is 17.3 Å². The zero-order valence-corrected chi connectivity index (χ0v) is 20.9. The Kier molecular flexibility index (Phi) is 6.19. The molecule has 2 aliphatic rings. The van der Waals surface area contributed by atoms with E-state index in [1.807, 2.05) is 0 Å². The number of para-hydroxylation sites is 1. The first-order valence-corrected chi connectivity index (χ1v) is 12.2. The molecule has 0 spiro atoms. The van der Waals surface area contributed by atoms with E-state index in [1.54, 1.807) is 7.11 Å². The second kappa shape index (κ2) is 9.28. The van der Waals surface area contributed by atoms with Crippen molar-refractivity contribution in [2.75, 3.05) is 39.8 Å². The van der Waals surface area contributed by atoms with Crippen LogP contribution in [0.3, 0.4) is 0 Å². The molecule has 0 saturated carbocycles. The largest absolute Gasteiger partial charge is 0.494 e. The third-order valence-electron chi connectivity index (χ3n) is 7.03. The number of nitrogens with zero attached hydrogens (tertiary/aromatic N) is 3. The molecule has 0 bridgehead atoms. The first-order valence-electron chi connectivity index (χ1n) is 12.2. The number of hydrogen-bond donors (Lipinski definition) is 2. The van der Waals surface area contributed by atoms with Crippen LogP contribution in [-0.4, -0.2) is 65.6 Å². The number of piperazine rings is 1. The van der Waals surface area contributed by atoms with Crippen molar-refractivity contribution in [3.63, 3.8) is 0 Å². The quantitative estimate of drug-likeness (QED) is 0.609.